The third-order valence-electron chi connectivity index (χ3n) is 3.77. The molecule has 0 saturated heterocycles. The zero-order valence-corrected chi connectivity index (χ0v) is 12.5. The molecule has 0 atom stereocenters. The quantitative estimate of drug-likeness (QED) is 0.611. The summed E-state index contributed by atoms with van der Waals surface area (Å²) in [5.41, 5.74) is -0.0622. The number of nitro groups is 1. The molecule has 0 spiro atoms. The second-order valence-corrected chi connectivity index (χ2v) is 5.52. The molecule has 116 valence electrons. The number of nitrogens with zero attached hydrogens (tertiary/aromatic N) is 2. The molecule has 1 aliphatic carbocycles. The smallest absolute Gasteiger partial charge is 0.331 e. The number of nitrogens with one attached hydrogen (secondary N) is 1. The van der Waals surface area contributed by atoms with Crippen LogP contribution in [0.5, 0.6) is 5.88 Å². The summed E-state index contributed by atoms with van der Waals surface area (Å²) >= 11 is 0. The lowest BCUT2D eigenvalue weighted by atomic mass is 9.90. The zero-order valence-electron chi connectivity index (χ0n) is 12.5. The monoisotopic (exact) mass is 293 g/mol. The van der Waals surface area contributed by atoms with Crippen LogP contribution >= 0.6 is 0 Å². The van der Waals surface area contributed by atoms with Gasteiger partial charge in [-0.1, -0.05) is 26.2 Å². The Labute approximate surface area is 125 Å². The molecule has 0 aliphatic heterocycles. The fraction of sp³-hybridized carbons (Fsp3) is 0.667. The summed E-state index contributed by atoms with van der Waals surface area (Å²) in [6.45, 7) is 3.36. The predicted molar refractivity (Wildman–Crippen MR) is 81.7 cm³/mol. The average molecular weight is 293 g/mol. The maximum Gasteiger partial charge on any atom is 0.331 e. The topological polar surface area (TPSA) is 77.3 Å². The van der Waals surface area contributed by atoms with Gasteiger partial charge in [0.15, 0.2) is 0 Å². The zero-order chi connectivity index (χ0) is 15.1. The van der Waals surface area contributed by atoms with Crippen molar-refractivity contribution in [2.45, 2.75) is 45.4 Å². The van der Waals surface area contributed by atoms with Gasteiger partial charge in [0, 0.05) is 12.6 Å². The second-order valence-electron chi connectivity index (χ2n) is 5.52. The maximum atomic E-state index is 11.1. The van der Waals surface area contributed by atoms with E-state index in [2.05, 4.69) is 17.2 Å². The van der Waals surface area contributed by atoms with E-state index in [-0.39, 0.29) is 11.6 Å². The van der Waals surface area contributed by atoms with Crippen LogP contribution in [0, 0.1) is 16.0 Å². The Bertz CT molecular complexity index is 473. The molecule has 1 saturated carbocycles. The summed E-state index contributed by atoms with van der Waals surface area (Å²) in [4.78, 5) is 14.9. The van der Waals surface area contributed by atoms with E-state index in [0.717, 1.165) is 25.8 Å². The van der Waals surface area contributed by atoms with Crippen LogP contribution in [0.15, 0.2) is 12.1 Å². The lowest BCUT2D eigenvalue weighted by molar-refractivity contribution is -0.386. The number of hydrogen-bond acceptors (Lipinski definition) is 5. The number of rotatable bonds is 7. The van der Waals surface area contributed by atoms with Crippen LogP contribution in [0.4, 0.5) is 11.5 Å². The molecule has 6 nitrogen and oxygen atoms in total. The molecule has 0 unspecified atom stereocenters. The molecule has 0 bridgehead atoms. The first kappa shape index (κ1) is 15.5. The highest BCUT2D eigenvalue weighted by Crippen LogP contribution is 2.29. The number of aromatic nitrogens is 1. The molecular weight excluding hydrogens is 270 g/mol. The average Bonchev–Trinajstić information content (AvgIpc) is 2.51. The van der Waals surface area contributed by atoms with Crippen molar-refractivity contribution < 1.29 is 9.66 Å². The molecule has 1 aromatic rings. The summed E-state index contributed by atoms with van der Waals surface area (Å²) in [7, 11) is 0. The van der Waals surface area contributed by atoms with Crippen LogP contribution in [-0.4, -0.2) is 23.1 Å². The third kappa shape index (κ3) is 4.58. The minimum atomic E-state index is -0.438. The van der Waals surface area contributed by atoms with Crippen molar-refractivity contribution >= 4 is 11.5 Å². The van der Waals surface area contributed by atoms with Gasteiger partial charge in [-0.05, 0) is 31.2 Å². The van der Waals surface area contributed by atoms with Crippen molar-refractivity contribution in [2.24, 2.45) is 5.92 Å². The Balaban J connectivity index is 2.04. The standard InChI is InChI=1S/C15H23N3O3/c1-2-10-16-14-9-8-13(18(19)20)15(17-14)21-11-12-6-4-3-5-7-12/h8-9,12H,2-7,10-11H2,1H3,(H,16,17). The number of pyridine rings is 1. The van der Waals surface area contributed by atoms with Gasteiger partial charge >= 0.3 is 5.69 Å². The summed E-state index contributed by atoms with van der Waals surface area (Å²) in [6, 6.07) is 3.09. The largest absolute Gasteiger partial charge is 0.472 e. The van der Waals surface area contributed by atoms with E-state index in [0.29, 0.717) is 18.3 Å². The van der Waals surface area contributed by atoms with Crippen molar-refractivity contribution in [1.29, 1.82) is 0 Å². The summed E-state index contributed by atoms with van der Waals surface area (Å²) in [6.07, 6.45) is 6.98. The van der Waals surface area contributed by atoms with Gasteiger partial charge in [-0.3, -0.25) is 10.1 Å². The van der Waals surface area contributed by atoms with Crippen molar-refractivity contribution in [3.63, 3.8) is 0 Å². The van der Waals surface area contributed by atoms with Crippen molar-refractivity contribution in [1.82, 2.24) is 4.98 Å². The summed E-state index contributed by atoms with van der Waals surface area (Å²) in [5, 5.41) is 14.2. The fourth-order valence-corrected chi connectivity index (χ4v) is 2.58. The first-order valence-electron chi connectivity index (χ1n) is 7.72. The van der Waals surface area contributed by atoms with E-state index >= 15 is 0 Å². The van der Waals surface area contributed by atoms with E-state index in [1.165, 1.54) is 25.3 Å². The molecule has 1 aliphatic rings. The molecule has 0 radical (unpaired) electrons. The van der Waals surface area contributed by atoms with Gasteiger partial charge in [-0.15, -0.1) is 0 Å². The lowest BCUT2D eigenvalue weighted by Gasteiger charge is -2.21. The minimum absolute atomic E-state index is 0.0622. The first-order valence-corrected chi connectivity index (χ1v) is 7.72. The fourth-order valence-electron chi connectivity index (χ4n) is 2.58. The third-order valence-corrected chi connectivity index (χ3v) is 3.77. The van der Waals surface area contributed by atoms with Gasteiger partial charge in [0.1, 0.15) is 5.82 Å². The Morgan fingerprint density at radius 1 is 1.38 bits per heavy atom. The Morgan fingerprint density at radius 2 is 2.14 bits per heavy atom. The molecule has 2 rings (SSSR count). The van der Waals surface area contributed by atoms with Crippen LogP contribution in [0.2, 0.25) is 0 Å². The van der Waals surface area contributed by atoms with Gasteiger partial charge in [-0.25, -0.2) is 0 Å². The van der Waals surface area contributed by atoms with E-state index in [9.17, 15) is 10.1 Å². The maximum absolute atomic E-state index is 11.1. The number of anilines is 1. The molecule has 1 heterocycles. The van der Waals surface area contributed by atoms with Gasteiger partial charge in [0.05, 0.1) is 11.5 Å². The molecule has 0 amide bonds. The van der Waals surface area contributed by atoms with E-state index in [4.69, 9.17) is 4.74 Å². The van der Waals surface area contributed by atoms with Crippen LogP contribution in [0.25, 0.3) is 0 Å². The molecule has 1 N–H and O–H groups in total. The van der Waals surface area contributed by atoms with Crippen molar-refractivity contribution in [2.75, 3.05) is 18.5 Å². The highest BCUT2D eigenvalue weighted by molar-refractivity contribution is 5.49. The molecule has 6 heteroatoms. The van der Waals surface area contributed by atoms with E-state index in [1.807, 2.05) is 0 Å². The van der Waals surface area contributed by atoms with Gasteiger partial charge in [-0.2, -0.15) is 4.98 Å². The van der Waals surface area contributed by atoms with Crippen molar-refractivity contribution in [3.8, 4) is 5.88 Å². The van der Waals surface area contributed by atoms with E-state index in [1.54, 1.807) is 6.07 Å². The summed E-state index contributed by atoms with van der Waals surface area (Å²) in [5.74, 6) is 1.25. The Morgan fingerprint density at radius 3 is 2.81 bits per heavy atom. The lowest BCUT2D eigenvalue weighted by Crippen LogP contribution is -2.16. The van der Waals surface area contributed by atoms with Crippen LogP contribution < -0.4 is 10.1 Å². The van der Waals surface area contributed by atoms with Crippen molar-refractivity contribution in [3.05, 3.63) is 22.2 Å². The molecule has 0 aromatic carbocycles. The van der Waals surface area contributed by atoms with Gasteiger partial charge in [0.2, 0.25) is 0 Å². The summed E-state index contributed by atoms with van der Waals surface area (Å²) < 4.78 is 5.67. The van der Waals surface area contributed by atoms with Crippen LogP contribution in [0.1, 0.15) is 45.4 Å². The highest BCUT2D eigenvalue weighted by atomic mass is 16.6. The predicted octanol–water partition coefficient (Wildman–Crippen LogP) is 3.77. The second kappa shape index (κ2) is 7.81. The molecule has 1 aromatic heterocycles. The minimum Gasteiger partial charge on any atom is -0.472 e. The highest BCUT2D eigenvalue weighted by Gasteiger charge is 2.20. The van der Waals surface area contributed by atoms with Crippen LogP contribution in [-0.2, 0) is 0 Å². The molecule has 21 heavy (non-hydrogen) atoms. The van der Waals surface area contributed by atoms with Gasteiger partial charge < -0.3 is 10.1 Å². The number of hydrogen-bond donors (Lipinski definition) is 1. The molecule has 1 fully saturated rings. The first-order chi connectivity index (χ1) is 10.2. The van der Waals surface area contributed by atoms with Crippen LogP contribution in [0.3, 0.4) is 0 Å². The normalized spacial score (nSPS) is 15.7. The number of ether oxygens (including phenoxy) is 1. The van der Waals surface area contributed by atoms with E-state index < -0.39 is 4.92 Å². The Hall–Kier alpha value is -1.85. The SMILES string of the molecule is CCCNc1ccc([N+](=O)[O-])c(OCC2CCCCC2)n1. The molecular formula is C15H23N3O3. The Kier molecular flexibility index (Phi) is 5.78. The van der Waals surface area contributed by atoms with Gasteiger partial charge in [0.25, 0.3) is 5.88 Å².